The van der Waals surface area contributed by atoms with Crippen LogP contribution in [0.2, 0.25) is 0 Å². The molecule has 0 bridgehead atoms. The zero-order chi connectivity index (χ0) is 24.1. The molecule has 0 heterocycles. The maximum absolute atomic E-state index is 11.8. The topological polar surface area (TPSA) is 82.9 Å². The van der Waals surface area contributed by atoms with E-state index in [2.05, 4.69) is 21.1 Å². The first-order valence-electron chi connectivity index (χ1n) is 11.8. The molecule has 0 saturated carbocycles. The molecule has 0 spiro atoms. The Bertz CT molecular complexity index is 871. The van der Waals surface area contributed by atoms with Gasteiger partial charge in [0.2, 0.25) is 11.8 Å². The maximum atomic E-state index is 11.8. The lowest BCUT2D eigenvalue weighted by Crippen LogP contribution is -2.16. The van der Waals surface area contributed by atoms with E-state index in [0.29, 0.717) is 12.8 Å². The molecule has 0 saturated heterocycles. The smallest absolute Gasteiger partial charge is 0.240 e. The summed E-state index contributed by atoms with van der Waals surface area (Å²) in [5.41, 5.74) is 7.26. The van der Waals surface area contributed by atoms with Crippen molar-refractivity contribution < 1.29 is 9.59 Å². The van der Waals surface area contributed by atoms with Crippen LogP contribution < -0.4 is 10.9 Å². The predicted octanol–water partition coefficient (Wildman–Crippen LogP) is 5.74. The van der Waals surface area contributed by atoms with Crippen molar-refractivity contribution in [3.05, 3.63) is 83.9 Å². The first-order chi connectivity index (χ1) is 16.7. The van der Waals surface area contributed by atoms with Gasteiger partial charge in [-0.2, -0.15) is 10.2 Å². The molecule has 0 atom stereocenters. The van der Waals surface area contributed by atoms with Crippen LogP contribution in [-0.2, 0) is 9.59 Å². The third kappa shape index (κ3) is 13.6. The van der Waals surface area contributed by atoms with Crippen LogP contribution >= 0.6 is 0 Å². The van der Waals surface area contributed by atoms with Gasteiger partial charge in [0.05, 0.1) is 0 Å². The molecule has 0 aliphatic rings. The van der Waals surface area contributed by atoms with E-state index in [0.717, 1.165) is 49.7 Å². The number of hydrogen-bond acceptors (Lipinski definition) is 4. The lowest BCUT2D eigenvalue weighted by Gasteiger charge is -2.02. The standard InChI is InChI=1S/C28H34N4O2/c33-27(31-29-23-13-19-25-15-7-5-8-16-25)21-11-3-1-2-4-12-22-28(34)32-30-24-14-20-26-17-9-6-10-18-26/h5-10,13-20,23-24H,1-4,11-12,21-22H2,(H,31,33)(H,32,34)/b19-13+,20-14+,29-23-,30-24-. The molecule has 34 heavy (non-hydrogen) atoms. The molecule has 2 aromatic carbocycles. The van der Waals surface area contributed by atoms with Crippen LogP contribution in [0.4, 0.5) is 0 Å². The van der Waals surface area contributed by atoms with Gasteiger partial charge in [-0.15, -0.1) is 0 Å². The fraction of sp³-hybridized carbons (Fsp3) is 0.286. The fourth-order valence-corrected chi connectivity index (χ4v) is 3.13. The van der Waals surface area contributed by atoms with Crippen molar-refractivity contribution in [1.29, 1.82) is 0 Å². The predicted molar refractivity (Wildman–Crippen MR) is 141 cm³/mol. The number of unbranched alkanes of at least 4 members (excludes halogenated alkanes) is 5. The van der Waals surface area contributed by atoms with E-state index >= 15 is 0 Å². The summed E-state index contributed by atoms with van der Waals surface area (Å²) >= 11 is 0. The number of rotatable bonds is 15. The number of hydrogen-bond donors (Lipinski definition) is 2. The molecule has 6 nitrogen and oxygen atoms in total. The minimum Gasteiger partial charge on any atom is -0.273 e. The zero-order valence-electron chi connectivity index (χ0n) is 19.6. The van der Waals surface area contributed by atoms with E-state index < -0.39 is 0 Å². The molecule has 0 aliphatic heterocycles. The van der Waals surface area contributed by atoms with Gasteiger partial charge in [-0.25, -0.2) is 10.9 Å². The van der Waals surface area contributed by atoms with Gasteiger partial charge >= 0.3 is 0 Å². The molecule has 2 rings (SSSR count). The van der Waals surface area contributed by atoms with Gasteiger partial charge in [-0.05, 0) is 36.1 Å². The Balaban J connectivity index is 1.40. The summed E-state index contributed by atoms with van der Waals surface area (Å²) in [7, 11) is 0. The van der Waals surface area contributed by atoms with Gasteiger partial charge in [0.1, 0.15) is 0 Å². The number of nitrogens with one attached hydrogen (secondary N) is 2. The Morgan fingerprint density at radius 2 is 0.971 bits per heavy atom. The van der Waals surface area contributed by atoms with Crippen LogP contribution in [0.25, 0.3) is 12.2 Å². The van der Waals surface area contributed by atoms with Crippen molar-refractivity contribution >= 4 is 36.4 Å². The summed E-state index contributed by atoms with van der Waals surface area (Å²) in [5.74, 6) is -0.139. The normalized spacial score (nSPS) is 11.6. The first kappa shape index (κ1) is 26.5. The van der Waals surface area contributed by atoms with Crippen LogP contribution in [0.1, 0.15) is 62.5 Å². The van der Waals surface area contributed by atoms with Gasteiger partial charge in [-0.1, -0.05) is 98.5 Å². The third-order valence-electron chi connectivity index (χ3n) is 4.93. The van der Waals surface area contributed by atoms with Gasteiger partial charge in [0, 0.05) is 25.3 Å². The fourth-order valence-electron chi connectivity index (χ4n) is 3.13. The highest BCUT2D eigenvalue weighted by Crippen LogP contribution is 2.08. The van der Waals surface area contributed by atoms with Crippen LogP contribution in [0.15, 0.2) is 83.0 Å². The van der Waals surface area contributed by atoms with Gasteiger partial charge in [0.25, 0.3) is 0 Å². The number of hydrazone groups is 2. The molecule has 2 N–H and O–H groups in total. The summed E-state index contributed by atoms with van der Waals surface area (Å²) in [5, 5.41) is 7.85. The Labute approximate surface area is 202 Å². The van der Waals surface area contributed by atoms with E-state index in [1.54, 1.807) is 24.6 Å². The number of carbonyl (C=O) groups is 2. The molecule has 0 radical (unpaired) electrons. The van der Waals surface area contributed by atoms with Crippen molar-refractivity contribution in [3.63, 3.8) is 0 Å². The largest absolute Gasteiger partial charge is 0.273 e. The van der Waals surface area contributed by atoms with Crippen molar-refractivity contribution in [1.82, 2.24) is 10.9 Å². The highest BCUT2D eigenvalue weighted by molar-refractivity contribution is 5.82. The van der Waals surface area contributed by atoms with E-state index in [-0.39, 0.29) is 11.8 Å². The van der Waals surface area contributed by atoms with Crippen LogP contribution in [0.5, 0.6) is 0 Å². The minimum atomic E-state index is -0.0693. The van der Waals surface area contributed by atoms with Crippen LogP contribution in [-0.4, -0.2) is 24.2 Å². The zero-order valence-corrected chi connectivity index (χ0v) is 19.6. The summed E-state index contributed by atoms with van der Waals surface area (Å²) in [6.45, 7) is 0. The summed E-state index contributed by atoms with van der Waals surface area (Å²) in [6.07, 6.45) is 17.3. The quantitative estimate of drug-likeness (QED) is 0.203. The second kappa shape index (κ2) is 17.7. The molecule has 2 aromatic rings. The molecule has 178 valence electrons. The van der Waals surface area contributed by atoms with Crippen molar-refractivity contribution in [2.75, 3.05) is 0 Å². The number of benzene rings is 2. The van der Waals surface area contributed by atoms with E-state index in [4.69, 9.17) is 0 Å². The van der Waals surface area contributed by atoms with Gasteiger partial charge in [-0.3, -0.25) is 9.59 Å². The molecule has 0 unspecified atom stereocenters. The highest BCUT2D eigenvalue weighted by atomic mass is 16.2. The van der Waals surface area contributed by atoms with Gasteiger partial charge in [0.15, 0.2) is 0 Å². The molecule has 0 aliphatic carbocycles. The number of amides is 2. The van der Waals surface area contributed by atoms with Crippen LogP contribution in [0.3, 0.4) is 0 Å². The summed E-state index contributed by atoms with van der Waals surface area (Å²) in [6, 6.07) is 19.8. The average molecular weight is 459 g/mol. The molecule has 0 fully saturated rings. The lowest BCUT2D eigenvalue weighted by atomic mass is 10.1. The average Bonchev–Trinajstić information content (AvgIpc) is 2.86. The Kier molecular flexibility index (Phi) is 13.8. The van der Waals surface area contributed by atoms with Crippen LogP contribution in [0, 0.1) is 0 Å². The minimum absolute atomic E-state index is 0.0693. The number of allylic oxidation sites excluding steroid dienone is 2. The summed E-state index contributed by atoms with van der Waals surface area (Å²) < 4.78 is 0. The van der Waals surface area contributed by atoms with E-state index in [1.165, 1.54) is 0 Å². The van der Waals surface area contributed by atoms with E-state index in [9.17, 15) is 9.59 Å². The maximum Gasteiger partial charge on any atom is 0.240 e. The van der Waals surface area contributed by atoms with Crippen molar-refractivity contribution in [3.8, 4) is 0 Å². The van der Waals surface area contributed by atoms with Crippen molar-refractivity contribution in [2.24, 2.45) is 10.2 Å². The monoisotopic (exact) mass is 458 g/mol. The SMILES string of the molecule is O=C(CCCCCCCCC(=O)N/N=C\C=C\c1ccccc1)N/N=C\C=C\c1ccccc1. The Morgan fingerprint density at radius 1 is 0.588 bits per heavy atom. The number of nitrogens with zero attached hydrogens (tertiary/aromatic N) is 2. The Hall–Kier alpha value is -3.80. The second-order valence-corrected chi connectivity index (χ2v) is 7.79. The highest BCUT2D eigenvalue weighted by Gasteiger charge is 2.01. The molecule has 0 aromatic heterocycles. The molecular weight excluding hydrogens is 424 g/mol. The third-order valence-corrected chi connectivity index (χ3v) is 4.93. The van der Waals surface area contributed by atoms with E-state index in [1.807, 2.05) is 72.8 Å². The summed E-state index contributed by atoms with van der Waals surface area (Å²) in [4.78, 5) is 23.6. The molecule has 2 amide bonds. The molecule has 6 heteroatoms. The van der Waals surface area contributed by atoms with Gasteiger partial charge < -0.3 is 0 Å². The Morgan fingerprint density at radius 3 is 1.38 bits per heavy atom. The lowest BCUT2D eigenvalue weighted by molar-refractivity contribution is -0.122. The molecular formula is C28H34N4O2. The first-order valence-corrected chi connectivity index (χ1v) is 11.8. The second-order valence-electron chi connectivity index (χ2n) is 7.79. The number of carbonyl (C=O) groups excluding carboxylic acids is 2. The van der Waals surface area contributed by atoms with Crippen molar-refractivity contribution in [2.45, 2.75) is 51.4 Å².